The molecule has 0 aliphatic carbocycles. The van der Waals surface area contributed by atoms with Gasteiger partial charge in [-0.3, -0.25) is 19.3 Å². The van der Waals surface area contributed by atoms with Gasteiger partial charge < -0.3 is 9.26 Å². The fraction of sp³-hybridized carbons (Fsp3) is 0.294. The van der Waals surface area contributed by atoms with Crippen molar-refractivity contribution in [2.45, 2.75) is 26.9 Å². The van der Waals surface area contributed by atoms with Crippen molar-refractivity contribution in [3.8, 4) is 0 Å². The second kappa shape index (κ2) is 6.27. The third-order valence-corrected chi connectivity index (χ3v) is 3.98. The zero-order valence-corrected chi connectivity index (χ0v) is 13.4. The first-order chi connectivity index (χ1) is 11.5. The molecule has 0 fully saturated rings. The summed E-state index contributed by atoms with van der Waals surface area (Å²) in [6.45, 7) is 3.55. The summed E-state index contributed by atoms with van der Waals surface area (Å²) in [4.78, 5) is 37.3. The second-order valence-corrected chi connectivity index (χ2v) is 5.52. The van der Waals surface area contributed by atoms with Crippen LogP contribution in [0.2, 0.25) is 0 Å². The van der Waals surface area contributed by atoms with Gasteiger partial charge in [-0.25, -0.2) is 0 Å². The van der Waals surface area contributed by atoms with Crippen molar-refractivity contribution in [1.82, 2.24) is 10.1 Å². The molecule has 0 bridgehead atoms. The van der Waals surface area contributed by atoms with E-state index in [4.69, 9.17) is 9.26 Å². The van der Waals surface area contributed by atoms with Crippen molar-refractivity contribution in [1.29, 1.82) is 0 Å². The van der Waals surface area contributed by atoms with Crippen LogP contribution in [0.25, 0.3) is 0 Å². The lowest BCUT2D eigenvalue weighted by Gasteiger charge is -2.13. The molecule has 0 N–H and O–H groups in total. The number of imide groups is 1. The standard InChI is InChI=1S/C17H16N2O5/c1-10-14(11(2)24-18-10)9-23-15(20)7-8-19-16(21)12-5-3-4-6-13(12)17(19)22/h3-6H,7-9H2,1-2H3. The molecule has 124 valence electrons. The van der Waals surface area contributed by atoms with Crippen LogP contribution in [0.5, 0.6) is 0 Å². The number of hydrogen-bond acceptors (Lipinski definition) is 6. The van der Waals surface area contributed by atoms with Gasteiger partial charge in [-0.05, 0) is 26.0 Å². The first kappa shape index (κ1) is 15.9. The summed E-state index contributed by atoms with van der Waals surface area (Å²) in [7, 11) is 0. The SMILES string of the molecule is Cc1noc(C)c1COC(=O)CCN1C(=O)c2ccccc2C1=O. The number of benzene rings is 1. The van der Waals surface area contributed by atoms with E-state index in [1.54, 1.807) is 38.1 Å². The summed E-state index contributed by atoms with van der Waals surface area (Å²) in [5.74, 6) is -0.657. The smallest absolute Gasteiger partial charge is 0.307 e. The summed E-state index contributed by atoms with van der Waals surface area (Å²) in [5.41, 5.74) is 2.13. The van der Waals surface area contributed by atoms with Crippen LogP contribution in [-0.4, -0.2) is 34.4 Å². The third-order valence-electron chi connectivity index (χ3n) is 3.98. The van der Waals surface area contributed by atoms with Gasteiger partial charge in [-0.2, -0.15) is 0 Å². The molecule has 1 aliphatic heterocycles. The van der Waals surface area contributed by atoms with Gasteiger partial charge in [0.05, 0.1) is 28.8 Å². The molecule has 0 atom stereocenters. The van der Waals surface area contributed by atoms with Crippen LogP contribution in [0.1, 0.15) is 44.2 Å². The van der Waals surface area contributed by atoms with Gasteiger partial charge in [0.1, 0.15) is 12.4 Å². The summed E-state index contributed by atoms with van der Waals surface area (Å²) in [6.07, 6.45) is -0.0607. The molecule has 0 radical (unpaired) electrons. The highest BCUT2D eigenvalue weighted by molar-refractivity contribution is 6.21. The van der Waals surface area contributed by atoms with Crippen LogP contribution in [0.3, 0.4) is 0 Å². The zero-order chi connectivity index (χ0) is 17.3. The lowest BCUT2D eigenvalue weighted by atomic mass is 10.1. The first-order valence-electron chi connectivity index (χ1n) is 7.51. The van der Waals surface area contributed by atoms with E-state index in [-0.39, 0.29) is 31.4 Å². The Hall–Kier alpha value is -2.96. The van der Waals surface area contributed by atoms with E-state index in [2.05, 4.69) is 5.16 Å². The summed E-state index contributed by atoms with van der Waals surface area (Å²) < 4.78 is 10.2. The van der Waals surface area contributed by atoms with Crippen molar-refractivity contribution >= 4 is 17.8 Å². The van der Waals surface area contributed by atoms with Gasteiger partial charge in [0, 0.05) is 6.54 Å². The first-order valence-corrected chi connectivity index (χ1v) is 7.51. The highest BCUT2D eigenvalue weighted by atomic mass is 16.5. The molecule has 1 aromatic carbocycles. The third kappa shape index (κ3) is 2.80. The molecular formula is C17H16N2O5. The van der Waals surface area contributed by atoms with Crippen molar-refractivity contribution < 1.29 is 23.6 Å². The molecular weight excluding hydrogens is 312 g/mol. The molecule has 0 unspecified atom stereocenters. The Morgan fingerprint density at radius 2 is 1.79 bits per heavy atom. The maximum atomic E-state index is 12.2. The van der Waals surface area contributed by atoms with E-state index in [0.29, 0.717) is 22.6 Å². The van der Waals surface area contributed by atoms with Gasteiger partial charge in [0.15, 0.2) is 0 Å². The van der Waals surface area contributed by atoms with Crippen LogP contribution in [-0.2, 0) is 16.1 Å². The number of aromatic nitrogens is 1. The van der Waals surface area contributed by atoms with E-state index in [0.717, 1.165) is 10.5 Å². The number of rotatable bonds is 5. The molecule has 1 aromatic heterocycles. The van der Waals surface area contributed by atoms with Crippen LogP contribution >= 0.6 is 0 Å². The Balaban J connectivity index is 1.56. The molecule has 0 saturated carbocycles. The van der Waals surface area contributed by atoms with Gasteiger partial charge in [-0.15, -0.1) is 0 Å². The quantitative estimate of drug-likeness (QED) is 0.616. The Morgan fingerprint density at radius 3 is 2.33 bits per heavy atom. The molecule has 7 nitrogen and oxygen atoms in total. The van der Waals surface area contributed by atoms with Crippen LogP contribution in [0.4, 0.5) is 0 Å². The van der Waals surface area contributed by atoms with Crippen LogP contribution in [0, 0.1) is 13.8 Å². The monoisotopic (exact) mass is 328 g/mol. The highest BCUT2D eigenvalue weighted by Gasteiger charge is 2.35. The molecule has 2 aromatic rings. The minimum atomic E-state index is -0.494. The number of esters is 1. The summed E-state index contributed by atoms with van der Waals surface area (Å²) in [6, 6.07) is 6.60. The molecule has 2 amide bonds. The van der Waals surface area contributed by atoms with Crippen LogP contribution < -0.4 is 0 Å². The Morgan fingerprint density at radius 1 is 1.17 bits per heavy atom. The maximum absolute atomic E-state index is 12.2. The zero-order valence-electron chi connectivity index (χ0n) is 13.4. The van der Waals surface area contributed by atoms with E-state index in [9.17, 15) is 14.4 Å². The highest BCUT2D eigenvalue weighted by Crippen LogP contribution is 2.22. The average Bonchev–Trinajstić information content (AvgIpc) is 3.02. The number of hydrogen-bond donors (Lipinski definition) is 0. The Labute approximate surface area is 138 Å². The van der Waals surface area contributed by atoms with Crippen molar-refractivity contribution in [3.63, 3.8) is 0 Å². The number of amides is 2. The number of ether oxygens (including phenoxy) is 1. The summed E-state index contributed by atoms with van der Waals surface area (Å²) >= 11 is 0. The number of carbonyl (C=O) groups excluding carboxylic acids is 3. The second-order valence-electron chi connectivity index (χ2n) is 5.52. The minimum absolute atomic E-state index is 0.00716. The Kier molecular flexibility index (Phi) is 4.16. The fourth-order valence-electron chi connectivity index (χ4n) is 2.58. The van der Waals surface area contributed by atoms with Gasteiger partial charge in [0.25, 0.3) is 11.8 Å². The van der Waals surface area contributed by atoms with Gasteiger partial charge in [0.2, 0.25) is 0 Å². The van der Waals surface area contributed by atoms with Crippen LogP contribution in [0.15, 0.2) is 28.8 Å². The number of carbonyl (C=O) groups is 3. The molecule has 3 rings (SSSR count). The Bertz CT molecular complexity index is 770. The van der Waals surface area contributed by atoms with Crippen molar-refractivity contribution in [2.24, 2.45) is 0 Å². The molecule has 0 saturated heterocycles. The van der Waals surface area contributed by atoms with Gasteiger partial charge in [-0.1, -0.05) is 17.3 Å². The lowest BCUT2D eigenvalue weighted by Crippen LogP contribution is -2.32. The normalized spacial score (nSPS) is 13.3. The molecule has 0 spiro atoms. The lowest BCUT2D eigenvalue weighted by molar-refractivity contribution is -0.145. The van der Waals surface area contributed by atoms with Crippen molar-refractivity contribution in [3.05, 3.63) is 52.4 Å². The maximum Gasteiger partial charge on any atom is 0.307 e. The summed E-state index contributed by atoms with van der Waals surface area (Å²) in [5, 5.41) is 3.78. The number of nitrogens with zero attached hydrogens (tertiary/aromatic N) is 2. The van der Waals surface area contributed by atoms with E-state index in [1.165, 1.54) is 0 Å². The van der Waals surface area contributed by atoms with Gasteiger partial charge >= 0.3 is 5.97 Å². The minimum Gasteiger partial charge on any atom is -0.461 e. The molecule has 7 heteroatoms. The largest absolute Gasteiger partial charge is 0.461 e. The number of fused-ring (bicyclic) bond motifs is 1. The predicted octanol–water partition coefficient (Wildman–Crippen LogP) is 2.02. The number of aryl methyl sites for hydroxylation is 2. The average molecular weight is 328 g/mol. The van der Waals surface area contributed by atoms with E-state index >= 15 is 0 Å². The molecule has 24 heavy (non-hydrogen) atoms. The van der Waals surface area contributed by atoms with E-state index in [1.807, 2.05) is 0 Å². The molecule has 1 aliphatic rings. The molecule has 2 heterocycles. The van der Waals surface area contributed by atoms with Crippen molar-refractivity contribution in [2.75, 3.05) is 6.54 Å². The van der Waals surface area contributed by atoms with E-state index < -0.39 is 5.97 Å². The fourth-order valence-corrected chi connectivity index (χ4v) is 2.58. The topological polar surface area (TPSA) is 89.7 Å². The predicted molar refractivity (Wildman–Crippen MR) is 82.2 cm³/mol.